The Hall–Kier alpha value is -2.95. The average molecular weight is 527 g/mol. The van der Waals surface area contributed by atoms with Gasteiger partial charge in [0.1, 0.15) is 12.1 Å². The molecule has 0 unspecified atom stereocenters. The van der Waals surface area contributed by atoms with Gasteiger partial charge in [-0.05, 0) is 43.9 Å². The second-order valence-corrected chi connectivity index (χ2v) is 11.4. The van der Waals surface area contributed by atoms with Crippen LogP contribution in [0.1, 0.15) is 71.0 Å². The third-order valence-electron chi connectivity index (χ3n) is 8.43. The summed E-state index contributed by atoms with van der Waals surface area (Å²) in [5, 5.41) is 4.10. The van der Waals surface area contributed by atoms with Crippen LogP contribution >= 0.6 is 0 Å². The van der Waals surface area contributed by atoms with E-state index in [9.17, 15) is 4.79 Å². The van der Waals surface area contributed by atoms with Gasteiger partial charge in [-0.25, -0.2) is 9.97 Å². The molecule has 11 nitrogen and oxygen atoms in total. The van der Waals surface area contributed by atoms with Crippen LogP contribution < -0.4 is 20.3 Å². The second-order valence-electron chi connectivity index (χ2n) is 11.4. The number of anilines is 2. The van der Waals surface area contributed by atoms with Crippen molar-refractivity contribution in [2.45, 2.75) is 77.3 Å². The highest BCUT2D eigenvalue weighted by molar-refractivity contribution is 5.77. The van der Waals surface area contributed by atoms with Crippen molar-refractivity contribution in [1.29, 1.82) is 0 Å². The molecule has 1 amide bonds. The van der Waals surface area contributed by atoms with E-state index in [0.717, 1.165) is 63.4 Å². The first kappa shape index (κ1) is 26.6. The van der Waals surface area contributed by atoms with E-state index < -0.39 is 0 Å². The Morgan fingerprint density at radius 2 is 1.92 bits per heavy atom. The molecular weight excluding hydrogens is 484 g/mol. The number of likely N-dealkylation sites (tertiary alicyclic amines) is 1. The van der Waals surface area contributed by atoms with E-state index in [-0.39, 0.29) is 23.9 Å². The summed E-state index contributed by atoms with van der Waals surface area (Å²) in [6, 6.07) is 2.49. The fourth-order valence-electron chi connectivity index (χ4n) is 5.92. The van der Waals surface area contributed by atoms with Crippen LogP contribution in [-0.4, -0.2) is 82.3 Å². The highest BCUT2D eigenvalue weighted by atomic mass is 16.5. The first-order chi connectivity index (χ1) is 18.4. The van der Waals surface area contributed by atoms with Gasteiger partial charge in [0.2, 0.25) is 11.8 Å². The average Bonchev–Trinajstić information content (AvgIpc) is 3.57. The highest BCUT2D eigenvalue weighted by Crippen LogP contribution is 2.30. The molecular formula is C27H42N8O3. The molecule has 2 N–H and O–H groups in total. The monoisotopic (exact) mass is 526 g/mol. The van der Waals surface area contributed by atoms with Gasteiger partial charge >= 0.3 is 6.01 Å². The van der Waals surface area contributed by atoms with Gasteiger partial charge in [-0.1, -0.05) is 25.9 Å². The van der Waals surface area contributed by atoms with Crippen LogP contribution in [0.5, 0.6) is 5.88 Å². The number of carbonyl (C=O) groups excluding carboxylic acids is 1. The van der Waals surface area contributed by atoms with E-state index in [1.807, 2.05) is 11.0 Å². The molecule has 0 aliphatic carbocycles. The first-order valence-electron chi connectivity index (χ1n) is 14.2. The molecule has 0 aromatic carbocycles. The maximum absolute atomic E-state index is 12.4. The predicted octanol–water partition coefficient (Wildman–Crippen LogP) is 2.83. The molecule has 2 aromatic rings. The van der Waals surface area contributed by atoms with Crippen molar-refractivity contribution in [3.8, 4) is 5.88 Å². The first-order valence-corrected chi connectivity index (χ1v) is 14.2. The van der Waals surface area contributed by atoms with Gasteiger partial charge in [-0.2, -0.15) is 4.98 Å². The standard InChI is InChI=1S/C27H42N8O3/c1-18(2)26-31-27(38-32-26)33-11-7-20(8-12-33)19(3)9-13-37-24-14-23(29-17-30-24)34-15-21(28)22(16-34)35-10-5-4-6-25(35)36/h14,17-22H,4-13,15-16,28H2,1-3H3/t19-,21-,22+/m1/s1. The normalized spacial score (nSPS) is 23.9. The van der Waals surface area contributed by atoms with Gasteiger partial charge in [0.25, 0.3) is 0 Å². The minimum atomic E-state index is -0.0827. The maximum Gasteiger partial charge on any atom is 0.324 e. The molecule has 38 heavy (non-hydrogen) atoms. The highest BCUT2D eigenvalue weighted by Gasteiger charge is 2.38. The SMILES string of the molecule is CC(C)c1noc(N2CCC([C@H](C)CCOc3cc(N4C[C@@H](N)[C@@H](N5CCCCC5=O)C4)ncn3)CC2)n1. The molecule has 0 saturated carbocycles. The van der Waals surface area contributed by atoms with Crippen molar-refractivity contribution in [3.63, 3.8) is 0 Å². The zero-order valence-corrected chi connectivity index (χ0v) is 23.0. The van der Waals surface area contributed by atoms with Crippen LogP contribution in [-0.2, 0) is 4.79 Å². The number of carbonyl (C=O) groups is 1. The lowest BCUT2D eigenvalue weighted by atomic mass is 9.84. The largest absolute Gasteiger partial charge is 0.478 e. The topological polar surface area (TPSA) is 127 Å². The number of hydrogen-bond acceptors (Lipinski definition) is 10. The molecule has 3 aliphatic rings. The Morgan fingerprint density at radius 1 is 1.11 bits per heavy atom. The van der Waals surface area contributed by atoms with Gasteiger partial charge in [0.05, 0.1) is 12.6 Å². The Balaban J connectivity index is 1.07. The quantitative estimate of drug-likeness (QED) is 0.521. The summed E-state index contributed by atoms with van der Waals surface area (Å²) in [5.41, 5.74) is 6.45. The lowest BCUT2D eigenvalue weighted by Crippen LogP contribution is -2.51. The minimum Gasteiger partial charge on any atom is -0.478 e. The molecule has 5 heterocycles. The Kier molecular flexibility index (Phi) is 8.30. The van der Waals surface area contributed by atoms with E-state index >= 15 is 0 Å². The van der Waals surface area contributed by atoms with Crippen molar-refractivity contribution in [1.82, 2.24) is 25.0 Å². The Labute approximate surface area is 225 Å². The third-order valence-corrected chi connectivity index (χ3v) is 8.43. The second kappa shape index (κ2) is 11.8. The fraction of sp³-hybridized carbons (Fsp3) is 0.741. The zero-order chi connectivity index (χ0) is 26.6. The summed E-state index contributed by atoms with van der Waals surface area (Å²) in [5.74, 6) is 3.84. The predicted molar refractivity (Wildman–Crippen MR) is 144 cm³/mol. The van der Waals surface area contributed by atoms with Crippen molar-refractivity contribution >= 4 is 17.7 Å². The van der Waals surface area contributed by atoms with Crippen molar-refractivity contribution in [2.75, 3.05) is 49.1 Å². The van der Waals surface area contributed by atoms with Crippen LogP contribution in [0.15, 0.2) is 16.9 Å². The smallest absolute Gasteiger partial charge is 0.324 e. The summed E-state index contributed by atoms with van der Waals surface area (Å²) in [6.45, 7) is 11.1. The zero-order valence-electron chi connectivity index (χ0n) is 23.0. The minimum absolute atomic E-state index is 0.0338. The number of nitrogens with two attached hydrogens (primary N) is 1. The van der Waals surface area contributed by atoms with Crippen LogP contribution in [0.2, 0.25) is 0 Å². The van der Waals surface area contributed by atoms with Gasteiger partial charge < -0.3 is 29.7 Å². The van der Waals surface area contributed by atoms with Gasteiger partial charge in [0, 0.05) is 57.2 Å². The molecule has 3 fully saturated rings. The number of ether oxygens (including phenoxy) is 1. The van der Waals surface area contributed by atoms with Gasteiger partial charge in [-0.15, -0.1) is 0 Å². The molecule has 0 bridgehead atoms. The van der Waals surface area contributed by atoms with Crippen molar-refractivity contribution in [3.05, 3.63) is 18.2 Å². The van der Waals surface area contributed by atoms with Crippen LogP contribution in [0.25, 0.3) is 0 Å². The number of aromatic nitrogens is 4. The lowest BCUT2D eigenvalue weighted by molar-refractivity contribution is -0.135. The molecule has 11 heteroatoms. The van der Waals surface area contributed by atoms with Gasteiger partial charge in [-0.3, -0.25) is 4.79 Å². The summed E-state index contributed by atoms with van der Waals surface area (Å²) >= 11 is 0. The lowest BCUT2D eigenvalue weighted by Gasteiger charge is -2.34. The van der Waals surface area contributed by atoms with Crippen LogP contribution in [0, 0.1) is 11.8 Å². The number of nitrogens with zero attached hydrogens (tertiary/aromatic N) is 7. The van der Waals surface area contributed by atoms with E-state index in [1.54, 1.807) is 6.33 Å². The molecule has 2 aromatic heterocycles. The summed E-state index contributed by atoms with van der Waals surface area (Å²) in [6.07, 6.45) is 7.39. The Morgan fingerprint density at radius 3 is 2.66 bits per heavy atom. The van der Waals surface area contributed by atoms with Crippen LogP contribution in [0.4, 0.5) is 11.8 Å². The number of rotatable bonds is 9. The summed E-state index contributed by atoms with van der Waals surface area (Å²) in [7, 11) is 0. The van der Waals surface area contributed by atoms with E-state index in [0.29, 0.717) is 49.8 Å². The molecule has 3 aliphatic heterocycles. The van der Waals surface area contributed by atoms with Crippen LogP contribution in [0.3, 0.4) is 0 Å². The molecule has 208 valence electrons. The number of hydrogen-bond donors (Lipinski definition) is 1. The fourth-order valence-corrected chi connectivity index (χ4v) is 5.92. The van der Waals surface area contributed by atoms with Crippen molar-refractivity contribution in [2.24, 2.45) is 17.6 Å². The van der Waals surface area contributed by atoms with Crippen molar-refractivity contribution < 1.29 is 14.1 Å². The van der Waals surface area contributed by atoms with E-state index in [1.165, 1.54) is 0 Å². The molecule has 0 radical (unpaired) electrons. The molecule has 3 atom stereocenters. The molecule has 3 saturated heterocycles. The molecule has 5 rings (SSSR count). The summed E-state index contributed by atoms with van der Waals surface area (Å²) < 4.78 is 11.5. The van der Waals surface area contributed by atoms with Gasteiger partial charge in [0.15, 0.2) is 5.82 Å². The number of piperidine rings is 2. The van der Waals surface area contributed by atoms with E-state index in [2.05, 4.69) is 50.7 Å². The third kappa shape index (κ3) is 6.03. The summed E-state index contributed by atoms with van der Waals surface area (Å²) in [4.78, 5) is 32.1. The maximum atomic E-state index is 12.4. The Bertz CT molecular complexity index is 1070. The van der Waals surface area contributed by atoms with E-state index in [4.69, 9.17) is 15.0 Å². The number of amides is 1. The molecule has 0 spiro atoms.